The van der Waals surface area contributed by atoms with E-state index in [1.807, 2.05) is 43.3 Å². The molecule has 0 spiro atoms. The third kappa shape index (κ3) is 4.55. The number of rotatable bonds is 5. The highest BCUT2D eigenvalue weighted by Crippen LogP contribution is 2.23. The van der Waals surface area contributed by atoms with Crippen molar-refractivity contribution in [2.45, 2.75) is 13.5 Å². The van der Waals surface area contributed by atoms with Crippen LogP contribution in [0.5, 0.6) is 0 Å². The Labute approximate surface area is 151 Å². The van der Waals surface area contributed by atoms with Gasteiger partial charge >= 0.3 is 0 Å². The minimum absolute atomic E-state index is 0.205. The van der Waals surface area contributed by atoms with Gasteiger partial charge in [0.25, 0.3) is 5.91 Å². The van der Waals surface area contributed by atoms with E-state index in [2.05, 4.69) is 20.6 Å². The maximum atomic E-state index is 12.3. The van der Waals surface area contributed by atoms with Gasteiger partial charge in [-0.2, -0.15) is 0 Å². The molecule has 0 aliphatic rings. The Morgan fingerprint density at radius 3 is 2.76 bits per heavy atom. The van der Waals surface area contributed by atoms with Gasteiger partial charge in [-0.15, -0.1) is 0 Å². The molecule has 0 unspecified atom stereocenters. The molecular formula is C19H17ClN4O. The van der Waals surface area contributed by atoms with Crippen LogP contribution in [0.3, 0.4) is 0 Å². The zero-order valence-electron chi connectivity index (χ0n) is 13.7. The molecule has 0 radical (unpaired) electrons. The molecular weight excluding hydrogens is 336 g/mol. The summed E-state index contributed by atoms with van der Waals surface area (Å²) in [6, 6.07) is 13.0. The summed E-state index contributed by atoms with van der Waals surface area (Å²) in [6.45, 7) is 2.31. The van der Waals surface area contributed by atoms with Crippen molar-refractivity contribution >= 4 is 28.9 Å². The Kier molecular flexibility index (Phi) is 5.26. The molecule has 2 aromatic heterocycles. The predicted molar refractivity (Wildman–Crippen MR) is 99.1 cm³/mol. The molecule has 0 fully saturated rings. The first-order valence-corrected chi connectivity index (χ1v) is 8.16. The topological polar surface area (TPSA) is 66.9 Å². The van der Waals surface area contributed by atoms with Gasteiger partial charge in [0, 0.05) is 23.1 Å². The Balaban J connectivity index is 1.68. The number of carbonyl (C=O) groups is 1. The molecule has 25 heavy (non-hydrogen) atoms. The zero-order chi connectivity index (χ0) is 17.6. The summed E-state index contributed by atoms with van der Waals surface area (Å²) < 4.78 is 0. The van der Waals surface area contributed by atoms with E-state index in [9.17, 15) is 4.79 Å². The van der Waals surface area contributed by atoms with Crippen LogP contribution in [0.25, 0.3) is 0 Å². The van der Waals surface area contributed by atoms with E-state index in [0.29, 0.717) is 22.8 Å². The number of hydrogen-bond donors (Lipinski definition) is 2. The summed E-state index contributed by atoms with van der Waals surface area (Å²) >= 11 is 6.14. The summed E-state index contributed by atoms with van der Waals surface area (Å²) in [5, 5.41) is 6.72. The first-order chi connectivity index (χ1) is 12.1. The van der Waals surface area contributed by atoms with Crippen molar-refractivity contribution in [3.63, 3.8) is 0 Å². The third-order valence-corrected chi connectivity index (χ3v) is 4.02. The number of amides is 1. The SMILES string of the molecule is Cc1ccc(Nc2cncc(C(=O)NCc3ccccn3)c2)cc1Cl. The highest BCUT2D eigenvalue weighted by Gasteiger charge is 2.08. The molecule has 2 N–H and O–H groups in total. The highest BCUT2D eigenvalue weighted by atomic mass is 35.5. The number of anilines is 2. The van der Waals surface area contributed by atoms with E-state index in [-0.39, 0.29) is 5.91 Å². The Morgan fingerprint density at radius 2 is 2.00 bits per heavy atom. The first-order valence-electron chi connectivity index (χ1n) is 7.78. The molecule has 0 saturated carbocycles. The van der Waals surface area contributed by atoms with Crippen LogP contribution in [0, 0.1) is 6.92 Å². The molecule has 3 rings (SSSR count). The lowest BCUT2D eigenvalue weighted by Gasteiger charge is -2.09. The van der Waals surface area contributed by atoms with E-state index in [1.165, 1.54) is 6.20 Å². The van der Waals surface area contributed by atoms with Gasteiger partial charge in [0.05, 0.1) is 29.7 Å². The molecule has 0 bridgehead atoms. The van der Waals surface area contributed by atoms with Crippen LogP contribution in [0.15, 0.2) is 61.1 Å². The minimum Gasteiger partial charge on any atom is -0.354 e. The molecule has 5 nitrogen and oxygen atoms in total. The number of aromatic nitrogens is 2. The van der Waals surface area contributed by atoms with E-state index < -0.39 is 0 Å². The van der Waals surface area contributed by atoms with E-state index in [0.717, 1.165) is 16.9 Å². The first kappa shape index (κ1) is 16.9. The Hall–Kier alpha value is -2.92. The summed E-state index contributed by atoms with van der Waals surface area (Å²) in [6.07, 6.45) is 4.88. The fraction of sp³-hybridized carbons (Fsp3) is 0.105. The zero-order valence-corrected chi connectivity index (χ0v) is 14.4. The van der Waals surface area contributed by atoms with Crippen LogP contribution in [-0.4, -0.2) is 15.9 Å². The van der Waals surface area contributed by atoms with E-state index >= 15 is 0 Å². The number of aryl methyl sites for hydroxylation is 1. The second-order valence-corrected chi connectivity index (χ2v) is 5.96. The lowest BCUT2D eigenvalue weighted by Crippen LogP contribution is -2.23. The summed E-state index contributed by atoms with van der Waals surface area (Å²) in [5.41, 5.74) is 3.83. The summed E-state index contributed by atoms with van der Waals surface area (Å²) in [4.78, 5) is 20.6. The van der Waals surface area contributed by atoms with Gasteiger partial charge in [-0.1, -0.05) is 23.7 Å². The Bertz CT molecular complexity index is 884. The number of nitrogens with zero attached hydrogens (tertiary/aromatic N) is 2. The van der Waals surface area contributed by atoms with Crippen molar-refractivity contribution in [3.05, 3.63) is 82.9 Å². The molecule has 3 aromatic rings. The van der Waals surface area contributed by atoms with Crippen molar-refractivity contribution in [1.82, 2.24) is 15.3 Å². The van der Waals surface area contributed by atoms with Gasteiger partial charge in [0.15, 0.2) is 0 Å². The van der Waals surface area contributed by atoms with Crippen molar-refractivity contribution in [3.8, 4) is 0 Å². The van der Waals surface area contributed by atoms with Crippen LogP contribution in [-0.2, 0) is 6.54 Å². The highest BCUT2D eigenvalue weighted by molar-refractivity contribution is 6.31. The standard InChI is InChI=1S/C19H17ClN4O/c1-13-5-6-15(9-18(13)20)24-17-8-14(10-21-11-17)19(25)23-12-16-4-2-3-7-22-16/h2-11,24H,12H2,1H3,(H,23,25). The molecule has 6 heteroatoms. The molecule has 1 aromatic carbocycles. The number of halogens is 1. The van der Waals surface area contributed by atoms with Crippen LogP contribution < -0.4 is 10.6 Å². The molecule has 0 atom stereocenters. The molecule has 0 aliphatic carbocycles. The van der Waals surface area contributed by atoms with E-state index in [4.69, 9.17) is 11.6 Å². The monoisotopic (exact) mass is 352 g/mol. The molecule has 0 saturated heterocycles. The average molecular weight is 353 g/mol. The van der Waals surface area contributed by atoms with Crippen LogP contribution in [0.2, 0.25) is 5.02 Å². The Morgan fingerprint density at radius 1 is 1.12 bits per heavy atom. The van der Waals surface area contributed by atoms with Crippen LogP contribution in [0.4, 0.5) is 11.4 Å². The van der Waals surface area contributed by atoms with Crippen molar-refractivity contribution in [2.24, 2.45) is 0 Å². The van der Waals surface area contributed by atoms with Gasteiger partial charge in [-0.3, -0.25) is 14.8 Å². The van der Waals surface area contributed by atoms with Gasteiger partial charge in [-0.25, -0.2) is 0 Å². The molecule has 0 aliphatic heterocycles. The van der Waals surface area contributed by atoms with Gasteiger partial charge in [0.1, 0.15) is 0 Å². The second-order valence-electron chi connectivity index (χ2n) is 5.56. The van der Waals surface area contributed by atoms with Crippen molar-refractivity contribution in [2.75, 3.05) is 5.32 Å². The second kappa shape index (κ2) is 7.77. The van der Waals surface area contributed by atoms with Gasteiger partial charge in [0.2, 0.25) is 0 Å². The largest absolute Gasteiger partial charge is 0.354 e. The van der Waals surface area contributed by atoms with Gasteiger partial charge in [-0.05, 0) is 42.8 Å². The maximum Gasteiger partial charge on any atom is 0.253 e. The number of pyridine rings is 2. The van der Waals surface area contributed by atoms with Crippen molar-refractivity contribution in [1.29, 1.82) is 0 Å². The number of benzene rings is 1. The maximum absolute atomic E-state index is 12.3. The van der Waals surface area contributed by atoms with Crippen LogP contribution in [0.1, 0.15) is 21.6 Å². The third-order valence-electron chi connectivity index (χ3n) is 3.62. The van der Waals surface area contributed by atoms with Gasteiger partial charge < -0.3 is 10.6 Å². The fourth-order valence-corrected chi connectivity index (χ4v) is 2.43. The number of carbonyl (C=O) groups excluding carboxylic acids is 1. The smallest absolute Gasteiger partial charge is 0.253 e. The normalized spacial score (nSPS) is 10.3. The molecule has 126 valence electrons. The van der Waals surface area contributed by atoms with Crippen LogP contribution >= 0.6 is 11.6 Å². The number of nitrogens with one attached hydrogen (secondary N) is 2. The van der Waals surface area contributed by atoms with Crippen molar-refractivity contribution < 1.29 is 4.79 Å². The molecule has 1 amide bonds. The predicted octanol–water partition coefficient (Wildman–Crippen LogP) is 4.11. The number of hydrogen-bond acceptors (Lipinski definition) is 4. The fourth-order valence-electron chi connectivity index (χ4n) is 2.25. The lowest BCUT2D eigenvalue weighted by molar-refractivity contribution is 0.0950. The summed E-state index contributed by atoms with van der Waals surface area (Å²) in [7, 11) is 0. The lowest BCUT2D eigenvalue weighted by atomic mass is 10.2. The molecule has 2 heterocycles. The summed E-state index contributed by atoms with van der Waals surface area (Å²) in [5.74, 6) is -0.205. The average Bonchev–Trinajstić information content (AvgIpc) is 2.64. The van der Waals surface area contributed by atoms with E-state index in [1.54, 1.807) is 18.5 Å². The quantitative estimate of drug-likeness (QED) is 0.725. The minimum atomic E-state index is -0.205.